The van der Waals surface area contributed by atoms with E-state index in [9.17, 15) is 14.4 Å². The molecule has 2 amide bonds. The van der Waals surface area contributed by atoms with Gasteiger partial charge in [0.1, 0.15) is 6.54 Å². The molecule has 0 spiro atoms. The summed E-state index contributed by atoms with van der Waals surface area (Å²) in [5, 5.41) is 11.5. The van der Waals surface area contributed by atoms with Crippen molar-refractivity contribution in [2.24, 2.45) is 0 Å². The molecule has 7 nitrogen and oxygen atoms in total. The SMILES string of the molecule is CC1CN(CC(=O)NCC(=O)O)CCN1C(=O)Cc1cccc(Cl)c1.Cl. The number of aliphatic carboxylic acids is 1. The van der Waals surface area contributed by atoms with Crippen LogP contribution in [-0.4, -0.2) is 71.5 Å². The first-order valence-corrected chi connectivity index (χ1v) is 8.47. The molecule has 144 valence electrons. The third-order valence-corrected chi connectivity index (χ3v) is 4.32. The van der Waals surface area contributed by atoms with Crippen LogP contribution < -0.4 is 5.32 Å². The third kappa shape index (κ3) is 6.82. The highest BCUT2D eigenvalue weighted by Crippen LogP contribution is 2.15. The number of hydrogen-bond donors (Lipinski definition) is 2. The lowest BCUT2D eigenvalue weighted by Gasteiger charge is -2.39. The first-order chi connectivity index (χ1) is 11.8. The second kappa shape index (κ2) is 10.4. The van der Waals surface area contributed by atoms with Gasteiger partial charge in [0.25, 0.3) is 0 Å². The van der Waals surface area contributed by atoms with Crippen LogP contribution in [-0.2, 0) is 20.8 Å². The van der Waals surface area contributed by atoms with E-state index in [2.05, 4.69) is 5.32 Å². The molecule has 2 rings (SSSR count). The molecule has 0 aromatic heterocycles. The Morgan fingerprint density at radius 1 is 1.31 bits per heavy atom. The molecule has 0 aliphatic carbocycles. The number of benzene rings is 1. The largest absolute Gasteiger partial charge is 0.480 e. The van der Waals surface area contributed by atoms with Crippen molar-refractivity contribution in [3.8, 4) is 0 Å². The molecular formula is C17H23Cl2N3O4. The van der Waals surface area contributed by atoms with Crippen molar-refractivity contribution >= 4 is 41.8 Å². The minimum atomic E-state index is -1.07. The molecule has 1 aromatic carbocycles. The van der Waals surface area contributed by atoms with Crippen molar-refractivity contribution in [3.63, 3.8) is 0 Å². The zero-order chi connectivity index (χ0) is 18.4. The summed E-state index contributed by atoms with van der Waals surface area (Å²) < 4.78 is 0. The summed E-state index contributed by atoms with van der Waals surface area (Å²) in [6.45, 7) is 3.37. The maximum absolute atomic E-state index is 12.5. The number of carbonyl (C=O) groups is 3. The standard InChI is InChI=1S/C17H22ClN3O4.ClH/c1-12-10-20(11-15(22)19-9-17(24)25)5-6-21(12)16(23)8-13-3-2-4-14(18)7-13;/h2-4,7,12H,5-6,8-11H2,1H3,(H,19,22)(H,24,25);1H. The van der Waals surface area contributed by atoms with Crippen molar-refractivity contribution in [2.45, 2.75) is 19.4 Å². The monoisotopic (exact) mass is 403 g/mol. The summed E-state index contributed by atoms with van der Waals surface area (Å²) in [6, 6.07) is 7.23. The molecule has 0 bridgehead atoms. The van der Waals surface area contributed by atoms with Crippen LogP contribution in [0.15, 0.2) is 24.3 Å². The molecule has 1 unspecified atom stereocenters. The van der Waals surface area contributed by atoms with E-state index in [1.165, 1.54) is 0 Å². The van der Waals surface area contributed by atoms with Crippen LogP contribution in [0.25, 0.3) is 0 Å². The van der Waals surface area contributed by atoms with E-state index in [0.717, 1.165) is 5.56 Å². The zero-order valence-corrected chi connectivity index (χ0v) is 16.1. The van der Waals surface area contributed by atoms with E-state index in [-0.39, 0.29) is 43.4 Å². The number of halogens is 2. The van der Waals surface area contributed by atoms with Gasteiger partial charge in [-0.1, -0.05) is 23.7 Å². The molecule has 9 heteroatoms. The molecule has 26 heavy (non-hydrogen) atoms. The lowest BCUT2D eigenvalue weighted by Crippen LogP contribution is -2.56. The minimum Gasteiger partial charge on any atom is -0.480 e. The molecule has 1 fully saturated rings. The van der Waals surface area contributed by atoms with Gasteiger partial charge in [0.2, 0.25) is 11.8 Å². The van der Waals surface area contributed by atoms with Crippen molar-refractivity contribution in [1.82, 2.24) is 15.1 Å². The maximum Gasteiger partial charge on any atom is 0.322 e. The molecule has 1 aliphatic rings. The smallest absolute Gasteiger partial charge is 0.322 e. The molecule has 1 heterocycles. The minimum absolute atomic E-state index is 0. The molecule has 0 saturated carbocycles. The Bertz CT molecular complexity index is 657. The van der Waals surface area contributed by atoms with E-state index in [1.807, 2.05) is 28.9 Å². The second-order valence-electron chi connectivity index (χ2n) is 6.15. The van der Waals surface area contributed by atoms with E-state index in [1.54, 1.807) is 12.1 Å². The van der Waals surface area contributed by atoms with Gasteiger partial charge in [-0.3, -0.25) is 19.3 Å². The number of amides is 2. The van der Waals surface area contributed by atoms with Crippen LogP contribution >= 0.6 is 24.0 Å². The van der Waals surface area contributed by atoms with Crippen LogP contribution in [0.2, 0.25) is 5.02 Å². The molecule has 2 N–H and O–H groups in total. The lowest BCUT2D eigenvalue weighted by atomic mass is 10.1. The maximum atomic E-state index is 12.5. The molecule has 1 atom stereocenters. The summed E-state index contributed by atoms with van der Waals surface area (Å²) in [7, 11) is 0. The van der Waals surface area contributed by atoms with Gasteiger partial charge in [0, 0.05) is 30.7 Å². The molecule has 1 saturated heterocycles. The Hall–Kier alpha value is -1.83. The van der Waals surface area contributed by atoms with Gasteiger partial charge in [-0.05, 0) is 24.6 Å². The van der Waals surface area contributed by atoms with E-state index < -0.39 is 5.97 Å². The Morgan fingerprint density at radius 3 is 2.65 bits per heavy atom. The van der Waals surface area contributed by atoms with Crippen molar-refractivity contribution in [3.05, 3.63) is 34.9 Å². The van der Waals surface area contributed by atoms with E-state index in [0.29, 0.717) is 31.1 Å². The average Bonchev–Trinajstić information content (AvgIpc) is 2.53. The van der Waals surface area contributed by atoms with E-state index >= 15 is 0 Å². The van der Waals surface area contributed by atoms with Crippen LogP contribution in [0.5, 0.6) is 0 Å². The number of carbonyl (C=O) groups excluding carboxylic acids is 2. The number of rotatable bonds is 6. The first kappa shape index (κ1) is 22.2. The Balaban J connectivity index is 0.00000338. The number of nitrogens with one attached hydrogen (secondary N) is 1. The molecule has 0 radical (unpaired) electrons. The summed E-state index contributed by atoms with van der Waals surface area (Å²) in [4.78, 5) is 38.4. The average molecular weight is 404 g/mol. The Labute approximate surface area is 163 Å². The quantitative estimate of drug-likeness (QED) is 0.740. The van der Waals surface area contributed by atoms with Crippen LogP contribution in [0, 0.1) is 0 Å². The van der Waals surface area contributed by atoms with Gasteiger partial charge < -0.3 is 15.3 Å². The number of piperazine rings is 1. The molecular weight excluding hydrogens is 381 g/mol. The number of hydrogen-bond acceptors (Lipinski definition) is 4. The number of nitrogens with zero attached hydrogens (tertiary/aromatic N) is 2. The highest BCUT2D eigenvalue weighted by Gasteiger charge is 2.28. The predicted molar refractivity (Wildman–Crippen MR) is 101 cm³/mol. The van der Waals surface area contributed by atoms with Crippen molar-refractivity contribution in [1.29, 1.82) is 0 Å². The Morgan fingerprint density at radius 2 is 2.04 bits per heavy atom. The van der Waals surface area contributed by atoms with Crippen LogP contribution in [0.1, 0.15) is 12.5 Å². The van der Waals surface area contributed by atoms with Gasteiger partial charge in [-0.2, -0.15) is 0 Å². The van der Waals surface area contributed by atoms with Gasteiger partial charge >= 0.3 is 5.97 Å². The van der Waals surface area contributed by atoms with Gasteiger partial charge in [0.15, 0.2) is 0 Å². The summed E-state index contributed by atoms with van der Waals surface area (Å²) in [5.74, 6) is -1.36. The fourth-order valence-electron chi connectivity index (χ4n) is 2.90. The normalized spacial score (nSPS) is 17.3. The first-order valence-electron chi connectivity index (χ1n) is 8.10. The van der Waals surface area contributed by atoms with Gasteiger partial charge in [-0.15, -0.1) is 12.4 Å². The van der Waals surface area contributed by atoms with Gasteiger partial charge in [0.05, 0.1) is 13.0 Å². The predicted octanol–water partition coefficient (Wildman–Crippen LogP) is 1.04. The summed E-state index contributed by atoms with van der Waals surface area (Å²) in [5.41, 5.74) is 0.875. The number of carboxylic acid groups (broad SMARTS) is 1. The molecule has 1 aliphatic heterocycles. The fraction of sp³-hybridized carbons (Fsp3) is 0.471. The van der Waals surface area contributed by atoms with E-state index in [4.69, 9.17) is 16.7 Å². The number of carboxylic acids is 1. The van der Waals surface area contributed by atoms with Crippen molar-refractivity contribution < 1.29 is 19.5 Å². The summed E-state index contributed by atoms with van der Waals surface area (Å²) >= 11 is 5.95. The van der Waals surface area contributed by atoms with Crippen LogP contribution in [0.4, 0.5) is 0 Å². The third-order valence-electron chi connectivity index (χ3n) is 4.08. The van der Waals surface area contributed by atoms with Crippen LogP contribution in [0.3, 0.4) is 0 Å². The Kier molecular flexibility index (Phi) is 8.84. The topological polar surface area (TPSA) is 89.9 Å². The van der Waals surface area contributed by atoms with Crippen molar-refractivity contribution in [2.75, 3.05) is 32.7 Å². The zero-order valence-electron chi connectivity index (χ0n) is 14.5. The molecule has 1 aromatic rings. The lowest BCUT2D eigenvalue weighted by molar-refractivity contribution is -0.139. The fourth-order valence-corrected chi connectivity index (χ4v) is 3.12. The highest BCUT2D eigenvalue weighted by molar-refractivity contribution is 6.30. The summed E-state index contributed by atoms with van der Waals surface area (Å²) in [6.07, 6.45) is 0.296. The highest BCUT2D eigenvalue weighted by atomic mass is 35.5. The second-order valence-corrected chi connectivity index (χ2v) is 6.58. The van der Waals surface area contributed by atoms with Gasteiger partial charge in [-0.25, -0.2) is 0 Å².